The van der Waals surface area contributed by atoms with Gasteiger partial charge in [0.1, 0.15) is 5.75 Å². The largest absolute Gasteiger partial charge is 0.504 e. The highest BCUT2D eigenvalue weighted by atomic mass is 32.2. The van der Waals surface area contributed by atoms with Crippen LogP contribution in [0.25, 0.3) is 0 Å². The number of phenolic OH excluding ortho intramolecular Hbond substituents is 1. The summed E-state index contributed by atoms with van der Waals surface area (Å²) in [6, 6.07) is 10.6. The maximum Gasteiger partial charge on any atom is 0.276 e. The maximum atomic E-state index is 12.2. The second kappa shape index (κ2) is 8.39. The fourth-order valence-corrected chi connectivity index (χ4v) is 2.78. The Balaban J connectivity index is 2.08. The monoisotopic (exact) mass is 364 g/mol. The molecule has 0 atom stereocenters. The fraction of sp³-hybridized carbons (Fsp3) is 0.235. The van der Waals surface area contributed by atoms with Crippen molar-refractivity contribution in [2.45, 2.75) is 18.7 Å². The molecule has 0 saturated heterocycles. The van der Waals surface area contributed by atoms with Gasteiger partial charge < -0.3 is 14.6 Å². The molecule has 0 aromatic heterocycles. The van der Waals surface area contributed by atoms with Crippen molar-refractivity contribution in [3.8, 4) is 17.2 Å². The Morgan fingerprint density at radius 1 is 1.08 bits per heavy atom. The summed E-state index contributed by atoms with van der Waals surface area (Å²) in [6.07, 6.45) is 1.33. The quantitative estimate of drug-likeness (QED) is 0.554. The van der Waals surface area contributed by atoms with Crippen molar-refractivity contribution in [1.29, 1.82) is 0 Å². The minimum atomic E-state index is -3.77. The van der Waals surface area contributed by atoms with Crippen LogP contribution in [-0.4, -0.2) is 33.0 Å². The molecule has 7 nitrogen and oxygen atoms in total. The van der Waals surface area contributed by atoms with E-state index in [0.717, 1.165) is 0 Å². The summed E-state index contributed by atoms with van der Waals surface area (Å²) in [5, 5.41) is 13.4. The summed E-state index contributed by atoms with van der Waals surface area (Å²) in [5.74, 6) is 0.910. The first-order valence-electron chi connectivity index (χ1n) is 7.69. The molecule has 2 aromatic carbocycles. The predicted octanol–water partition coefficient (Wildman–Crippen LogP) is 2.50. The highest BCUT2D eigenvalue weighted by Crippen LogP contribution is 2.26. The molecular formula is C17H20N2O5S. The van der Waals surface area contributed by atoms with Gasteiger partial charge >= 0.3 is 0 Å². The van der Waals surface area contributed by atoms with Gasteiger partial charge in [0.05, 0.1) is 24.3 Å². The van der Waals surface area contributed by atoms with Gasteiger partial charge in [0.15, 0.2) is 11.5 Å². The van der Waals surface area contributed by atoms with Gasteiger partial charge in [-0.3, -0.25) is 0 Å². The van der Waals surface area contributed by atoms with E-state index in [9.17, 15) is 13.5 Å². The molecule has 0 bridgehead atoms. The molecule has 25 heavy (non-hydrogen) atoms. The van der Waals surface area contributed by atoms with Crippen LogP contribution in [0.4, 0.5) is 0 Å². The van der Waals surface area contributed by atoms with Gasteiger partial charge in [-0.05, 0) is 61.9 Å². The van der Waals surface area contributed by atoms with Crippen molar-refractivity contribution in [1.82, 2.24) is 4.83 Å². The third-order valence-electron chi connectivity index (χ3n) is 3.12. The number of nitrogens with one attached hydrogen (secondary N) is 1. The molecule has 0 radical (unpaired) electrons. The van der Waals surface area contributed by atoms with E-state index in [2.05, 4.69) is 9.93 Å². The normalized spacial score (nSPS) is 11.4. The van der Waals surface area contributed by atoms with Crippen LogP contribution in [0.5, 0.6) is 17.2 Å². The topological polar surface area (TPSA) is 97.2 Å². The second-order valence-corrected chi connectivity index (χ2v) is 6.58. The summed E-state index contributed by atoms with van der Waals surface area (Å²) >= 11 is 0. The molecule has 0 amide bonds. The summed E-state index contributed by atoms with van der Waals surface area (Å²) in [7, 11) is -3.77. The van der Waals surface area contributed by atoms with Crippen molar-refractivity contribution >= 4 is 16.2 Å². The molecule has 0 heterocycles. The van der Waals surface area contributed by atoms with E-state index in [0.29, 0.717) is 30.3 Å². The van der Waals surface area contributed by atoms with Crippen LogP contribution in [-0.2, 0) is 10.0 Å². The lowest BCUT2D eigenvalue weighted by Gasteiger charge is -2.07. The molecule has 0 saturated carbocycles. The summed E-state index contributed by atoms with van der Waals surface area (Å²) in [4.78, 5) is 2.22. The van der Waals surface area contributed by atoms with Gasteiger partial charge in [-0.1, -0.05) is 0 Å². The van der Waals surface area contributed by atoms with Gasteiger partial charge in [-0.2, -0.15) is 13.5 Å². The molecule has 0 aliphatic heterocycles. The number of phenols is 1. The minimum Gasteiger partial charge on any atom is -0.504 e. The van der Waals surface area contributed by atoms with E-state index in [1.54, 1.807) is 31.2 Å². The van der Waals surface area contributed by atoms with Crippen molar-refractivity contribution < 1.29 is 23.0 Å². The summed E-state index contributed by atoms with van der Waals surface area (Å²) in [6.45, 7) is 4.55. The molecule has 134 valence electrons. The number of rotatable bonds is 8. The van der Waals surface area contributed by atoms with Gasteiger partial charge in [-0.15, -0.1) is 0 Å². The van der Waals surface area contributed by atoms with E-state index in [4.69, 9.17) is 9.47 Å². The predicted molar refractivity (Wildman–Crippen MR) is 94.8 cm³/mol. The van der Waals surface area contributed by atoms with Crippen molar-refractivity contribution in [2.75, 3.05) is 13.2 Å². The Morgan fingerprint density at radius 3 is 2.40 bits per heavy atom. The molecule has 0 unspecified atom stereocenters. The molecule has 8 heteroatoms. The van der Waals surface area contributed by atoms with E-state index in [1.165, 1.54) is 24.4 Å². The Morgan fingerprint density at radius 2 is 1.76 bits per heavy atom. The number of nitrogens with zero attached hydrogens (tertiary/aromatic N) is 1. The van der Waals surface area contributed by atoms with Crippen molar-refractivity contribution in [2.24, 2.45) is 5.10 Å². The molecule has 2 N–H and O–H groups in total. The first-order chi connectivity index (χ1) is 12.0. The van der Waals surface area contributed by atoms with Gasteiger partial charge in [0, 0.05) is 0 Å². The van der Waals surface area contributed by atoms with Crippen LogP contribution >= 0.6 is 0 Å². The zero-order valence-electron chi connectivity index (χ0n) is 14.0. The van der Waals surface area contributed by atoms with Crippen LogP contribution in [0.1, 0.15) is 19.4 Å². The minimum absolute atomic E-state index is 0.00830. The van der Waals surface area contributed by atoms with Crippen molar-refractivity contribution in [3.05, 3.63) is 48.0 Å². The van der Waals surface area contributed by atoms with E-state index in [1.807, 2.05) is 6.92 Å². The average Bonchev–Trinajstić information content (AvgIpc) is 2.59. The number of sulfonamides is 1. The smallest absolute Gasteiger partial charge is 0.276 e. The lowest BCUT2D eigenvalue weighted by atomic mass is 10.2. The Hall–Kier alpha value is -2.74. The van der Waals surface area contributed by atoms with Crippen LogP contribution in [0.2, 0.25) is 0 Å². The molecule has 0 fully saturated rings. The SMILES string of the molecule is CCOc1ccc(S(=O)(=O)N/N=C/c2ccc(O)c(OCC)c2)cc1. The number of hydrogen-bond acceptors (Lipinski definition) is 6. The summed E-state index contributed by atoms with van der Waals surface area (Å²) in [5.41, 5.74) is 0.579. The Bertz CT molecular complexity index is 833. The molecule has 2 aromatic rings. The van der Waals surface area contributed by atoms with Gasteiger partial charge in [0.25, 0.3) is 10.0 Å². The molecule has 0 spiro atoms. The molecule has 0 aliphatic carbocycles. The third-order valence-corrected chi connectivity index (χ3v) is 4.35. The van der Waals surface area contributed by atoms with E-state index < -0.39 is 10.0 Å². The molecular weight excluding hydrogens is 344 g/mol. The lowest BCUT2D eigenvalue weighted by Crippen LogP contribution is -2.18. The number of hydrogen-bond donors (Lipinski definition) is 2. The maximum absolute atomic E-state index is 12.2. The number of benzene rings is 2. The Labute approximate surface area is 147 Å². The Kier molecular flexibility index (Phi) is 6.24. The fourth-order valence-electron chi connectivity index (χ4n) is 1.99. The standard InChI is InChI=1S/C17H20N2O5S/c1-3-23-14-6-8-15(9-7-14)25(21,22)19-18-12-13-5-10-16(20)17(11-13)24-4-2/h5-12,19-20H,3-4H2,1-2H3/b18-12+. The number of ether oxygens (including phenoxy) is 2. The van der Waals surface area contributed by atoms with Crippen LogP contribution in [0, 0.1) is 0 Å². The third kappa shape index (κ3) is 5.12. The number of hydrazone groups is 1. The molecule has 0 aliphatic rings. The average molecular weight is 364 g/mol. The first-order valence-corrected chi connectivity index (χ1v) is 9.18. The zero-order valence-corrected chi connectivity index (χ0v) is 14.8. The first kappa shape index (κ1) is 18.6. The van der Waals surface area contributed by atoms with Crippen molar-refractivity contribution in [3.63, 3.8) is 0 Å². The van der Waals surface area contributed by atoms with E-state index >= 15 is 0 Å². The lowest BCUT2D eigenvalue weighted by molar-refractivity contribution is 0.318. The summed E-state index contributed by atoms with van der Waals surface area (Å²) < 4.78 is 34.9. The van der Waals surface area contributed by atoms with Crippen LogP contribution < -0.4 is 14.3 Å². The van der Waals surface area contributed by atoms with Crippen LogP contribution in [0.3, 0.4) is 0 Å². The second-order valence-electron chi connectivity index (χ2n) is 4.92. The van der Waals surface area contributed by atoms with E-state index in [-0.39, 0.29) is 10.6 Å². The van der Waals surface area contributed by atoms with Gasteiger partial charge in [-0.25, -0.2) is 4.83 Å². The number of aromatic hydroxyl groups is 1. The zero-order chi connectivity index (χ0) is 18.3. The van der Waals surface area contributed by atoms with Gasteiger partial charge in [0.2, 0.25) is 0 Å². The molecule has 2 rings (SSSR count). The highest BCUT2D eigenvalue weighted by molar-refractivity contribution is 7.89. The van der Waals surface area contributed by atoms with Crippen LogP contribution in [0.15, 0.2) is 52.5 Å². The highest BCUT2D eigenvalue weighted by Gasteiger charge is 2.12.